The molecule has 1 N–H and O–H groups in total. The second kappa shape index (κ2) is 3.37. The molecule has 0 radical (unpaired) electrons. The van der Waals surface area contributed by atoms with Gasteiger partial charge in [-0.1, -0.05) is 39.0 Å². The maximum atomic E-state index is 11.6. The van der Waals surface area contributed by atoms with Gasteiger partial charge in [0.25, 0.3) is 5.91 Å². The number of rotatable bonds is 0. The number of nitrogens with one attached hydrogen (secondary N) is 1. The van der Waals surface area contributed by atoms with Crippen LogP contribution in [0, 0.1) is 5.41 Å². The lowest BCUT2D eigenvalue weighted by atomic mass is 9.73. The largest absolute Gasteiger partial charge is 0.351 e. The molecular formula is C13H17NO. The summed E-state index contributed by atoms with van der Waals surface area (Å²) in [6.07, 6.45) is 0. The summed E-state index contributed by atoms with van der Waals surface area (Å²) in [4.78, 5) is 11.6. The van der Waals surface area contributed by atoms with Crippen LogP contribution in [-0.4, -0.2) is 12.5 Å². The summed E-state index contributed by atoms with van der Waals surface area (Å²) in [6, 6.07) is 7.91. The van der Waals surface area contributed by atoms with Crippen molar-refractivity contribution in [1.29, 1.82) is 0 Å². The zero-order valence-corrected chi connectivity index (χ0v) is 9.50. The van der Waals surface area contributed by atoms with Crippen molar-refractivity contribution in [3.05, 3.63) is 35.4 Å². The predicted octanol–water partition coefficient (Wildman–Crippen LogP) is 2.56. The highest BCUT2D eigenvalue weighted by Gasteiger charge is 2.32. The molecule has 1 amide bonds. The molecule has 1 aromatic rings. The van der Waals surface area contributed by atoms with Gasteiger partial charge in [-0.15, -0.1) is 0 Å². The number of benzene rings is 1. The number of hydrogen-bond donors (Lipinski definition) is 1. The third-order valence-corrected chi connectivity index (χ3v) is 3.09. The van der Waals surface area contributed by atoms with Crippen LogP contribution in [0.5, 0.6) is 0 Å². The van der Waals surface area contributed by atoms with Crippen LogP contribution in [0.25, 0.3) is 0 Å². The Bertz CT molecular complexity index is 390. The third-order valence-electron chi connectivity index (χ3n) is 3.09. The molecule has 0 spiro atoms. The summed E-state index contributed by atoms with van der Waals surface area (Å²) in [7, 11) is 0. The molecule has 15 heavy (non-hydrogen) atoms. The predicted molar refractivity (Wildman–Crippen MR) is 61.0 cm³/mol. The molecule has 2 nitrogen and oxygen atoms in total. The number of hydrogen-bond acceptors (Lipinski definition) is 1. The van der Waals surface area contributed by atoms with Crippen LogP contribution in [0.3, 0.4) is 0 Å². The third kappa shape index (κ3) is 1.76. The van der Waals surface area contributed by atoms with E-state index in [1.165, 1.54) is 5.56 Å². The Balaban J connectivity index is 2.50. The van der Waals surface area contributed by atoms with Crippen LogP contribution >= 0.6 is 0 Å². The summed E-state index contributed by atoms with van der Waals surface area (Å²) in [6.45, 7) is 7.39. The maximum Gasteiger partial charge on any atom is 0.251 e. The highest BCUT2D eigenvalue weighted by Crippen LogP contribution is 2.37. The van der Waals surface area contributed by atoms with Crippen molar-refractivity contribution < 1.29 is 4.79 Å². The molecular weight excluding hydrogens is 186 g/mol. The SMILES string of the molecule is CC(C)(C)C1CNC(=O)c2ccccc21. The fourth-order valence-electron chi connectivity index (χ4n) is 2.18. The Labute approximate surface area is 90.7 Å². The molecule has 0 fully saturated rings. The first kappa shape index (κ1) is 10.2. The monoisotopic (exact) mass is 203 g/mol. The summed E-state index contributed by atoms with van der Waals surface area (Å²) in [5, 5.41) is 2.96. The molecule has 1 heterocycles. The minimum atomic E-state index is 0.0612. The molecule has 1 unspecified atom stereocenters. The molecule has 1 atom stereocenters. The van der Waals surface area contributed by atoms with E-state index in [0.29, 0.717) is 5.92 Å². The highest BCUT2D eigenvalue weighted by atomic mass is 16.1. The van der Waals surface area contributed by atoms with Gasteiger partial charge in [0.05, 0.1) is 0 Å². The molecule has 1 aliphatic rings. The quantitative estimate of drug-likeness (QED) is 0.690. The van der Waals surface area contributed by atoms with Crippen LogP contribution in [0.2, 0.25) is 0 Å². The van der Waals surface area contributed by atoms with Gasteiger partial charge in [-0.3, -0.25) is 4.79 Å². The van der Waals surface area contributed by atoms with E-state index >= 15 is 0 Å². The van der Waals surface area contributed by atoms with Gasteiger partial charge >= 0.3 is 0 Å². The smallest absolute Gasteiger partial charge is 0.251 e. The van der Waals surface area contributed by atoms with E-state index in [0.717, 1.165) is 12.1 Å². The first-order chi connectivity index (χ1) is 7.00. The second-order valence-corrected chi connectivity index (χ2v) is 5.22. The van der Waals surface area contributed by atoms with Crippen LogP contribution in [0.1, 0.15) is 42.6 Å². The van der Waals surface area contributed by atoms with Gasteiger partial charge in [0.15, 0.2) is 0 Å². The Morgan fingerprint density at radius 3 is 2.60 bits per heavy atom. The van der Waals surface area contributed by atoms with E-state index in [9.17, 15) is 4.79 Å². The van der Waals surface area contributed by atoms with E-state index in [1.807, 2.05) is 18.2 Å². The van der Waals surface area contributed by atoms with E-state index < -0.39 is 0 Å². The number of fused-ring (bicyclic) bond motifs is 1. The van der Waals surface area contributed by atoms with E-state index in [-0.39, 0.29) is 11.3 Å². The van der Waals surface area contributed by atoms with E-state index in [1.54, 1.807) is 0 Å². The zero-order chi connectivity index (χ0) is 11.1. The Kier molecular flexibility index (Phi) is 2.29. The minimum absolute atomic E-state index is 0.0612. The summed E-state index contributed by atoms with van der Waals surface area (Å²) >= 11 is 0. The molecule has 0 aromatic heterocycles. The fraction of sp³-hybridized carbons (Fsp3) is 0.462. The lowest BCUT2D eigenvalue weighted by molar-refractivity contribution is 0.0928. The van der Waals surface area contributed by atoms with Gasteiger partial charge in [-0.2, -0.15) is 0 Å². The lowest BCUT2D eigenvalue weighted by Gasteiger charge is -2.35. The molecule has 80 valence electrons. The lowest BCUT2D eigenvalue weighted by Crippen LogP contribution is -2.39. The van der Waals surface area contributed by atoms with Crippen molar-refractivity contribution in [1.82, 2.24) is 5.32 Å². The Morgan fingerprint density at radius 1 is 1.27 bits per heavy atom. The molecule has 0 saturated heterocycles. The fourth-order valence-corrected chi connectivity index (χ4v) is 2.18. The van der Waals surface area contributed by atoms with Crippen molar-refractivity contribution in [3.8, 4) is 0 Å². The highest BCUT2D eigenvalue weighted by molar-refractivity contribution is 5.97. The minimum Gasteiger partial charge on any atom is -0.351 e. The molecule has 2 heteroatoms. The molecule has 2 rings (SSSR count). The van der Waals surface area contributed by atoms with Gasteiger partial charge in [0, 0.05) is 18.0 Å². The Hall–Kier alpha value is -1.31. The van der Waals surface area contributed by atoms with Crippen molar-refractivity contribution in [2.45, 2.75) is 26.7 Å². The molecule has 1 aromatic carbocycles. The van der Waals surface area contributed by atoms with Crippen LogP contribution in [-0.2, 0) is 0 Å². The van der Waals surface area contributed by atoms with Crippen LogP contribution in [0.15, 0.2) is 24.3 Å². The zero-order valence-electron chi connectivity index (χ0n) is 9.50. The molecule has 1 aliphatic heterocycles. The molecule has 0 aliphatic carbocycles. The summed E-state index contributed by atoms with van der Waals surface area (Å²) < 4.78 is 0. The molecule has 0 saturated carbocycles. The standard InChI is InChI=1S/C13H17NO/c1-13(2,3)11-8-14-12(15)10-7-5-4-6-9(10)11/h4-7,11H,8H2,1-3H3,(H,14,15). The number of carbonyl (C=O) groups is 1. The number of amides is 1. The van der Waals surface area contributed by atoms with Gasteiger partial charge < -0.3 is 5.32 Å². The van der Waals surface area contributed by atoms with Crippen molar-refractivity contribution in [2.24, 2.45) is 5.41 Å². The first-order valence-corrected chi connectivity index (χ1v) is 5.37. The maximum absolute atomic E-state index is 11.6. The van der Waals surface area contributed by atoms with Gasteiger partial charge in [0.2, 0.25) is 0 Å². The summed E-state index contributed by atoms with van der Waals surface area (Å²) in [5.74, 6) is 0.470. The first-order valence-electron chi connectivity index (χ1n) is 5.37. The van der Waals surface area contributed by atoms with E-state index in [4.69, 9.17) is 0 Å². The van der Waals surface area contributed by atoms with E-state index in [2.05, 4.69) is 32.2 Å². The number of carbonyl (C=O) groups excluding carboxylic acids is 1. The summed E-state index contributed by atoms with van der Waals surface area (Å²) in [5.41, 5.74) is 2.21. The average molecular weight is 203 g/mol. The van der Waals surface area contributed by atoms with Gasteiger partial charge in [0.1, 0.15) is 0 Å². The normalized spacial score (nSPS) is 20.7. The van der Waals surface area contributed by atoms with Gasteiger partial charge in [-0.05, 0) is 17.0 Å². The Morgan fingerprint density at radius 2 is 1.93 bits per heavy atom. The van der Waals surface area contributed by atoms with Crippen molar-refractivity contribution in [2.75, 3.05) is 6.54 Å². The van der Waals surface area contributed by atoms with Crippen molar-refractivity contribution >= 4 is 5.91 Å². The van der Waals surface area contributed by atoms with Gasteiger partial charge in [-0.25, -0.2) is 0 Å². The van der Waals surface area contributed by atoms with Crippen LogP contribution in [0.4, 0.5) is 0 Å². The van der Waals surface area contributed by atoms with Crippen molar-refractivity contribution in [3.63, 3.8) is 0 Å². The second-order valence-electron chi connectivity index (χ2n) is 5.22. The van der Waals surface area contributed by atoms with Crippen LogP contribution < -0.4 is 5.32 Å². The average Bonchev–Trinajstić information content (AvgIpc) is 2.17. The topological polar surface area (TPSA) is 29.1 Å². The molecule has 0 bridgehead atoms.